The van der Waals surface area contributed by atoms with Crippen molar-refractivity contribution in [2.24, 2.45) is 5.92 Å². The Hall–Kier alpha value is -3.06. The molecule has 3 heterocycles. The quantitative estimate of drug-likeness (QED) is 0.630. The van der Waals surface area contributed by atoms with Gasteiger partial charge in [0.05, 0.1) is 17.4 Å². The van der Waals surface area contributed by atoms with Crippen molar-refractivity contribution in [3.05, 3.63) is 77.6 Å². The third kappa shape index (κ3) is 4.74. The van der Waals surface area contributed by atoms with Crippen molar-refractivity contribution in [2.45, 2.75) is 19.4 Å². The number of nitrogens with zero attached hydrogens (tertiary/aromatic N) is 5. The van der Waals surface area contributed by atoms with Crippen LogP contribution in [-0.2, 0) is 13.0 Å². The van der Waals surface area contributed by atoms with E-state index in [-0.39, 0.29) is 11.7 Å². The molecule has 6 nitrogen and oxygen atoms in total. The van der Waals surface area contributed by atoms with Gasteiger partial charge in [-0.2, -0.15) is 5.10 Å². The minimum atomic E-state index is -0.285. The van der Waals surface area contributed by atoms with Gasteiger partial charge in [-0.3, -0.25) is 9.78 Å². The van der Waals surface area contributed by atoms with Crippen LogP contribution in [-0.4, -0.2) is 57.7 Å². The Bertz CT molecular complexity index is 1020. The molecule has 2 aromatic heterocycles. The lowest BCUT2D eigenvalue weighted by Gasteiger charge is -2.17. The maximum Gasteiger partial charge on any atom is 0.255 e. The molecule has 30 heavy (non-hydrogen) atoms. The summed E-state index contributed by atoms with van der Waals surface area (Å²) in [6.45, 7) is 2.65. The predicted molar refractivity (Wildman–Crippen MR) is 113 cm³/mol. The molecular weight excluding hydrogens is 381 g/mol. The van der Waals surface area contributed by atoms with Crippen LogP contribution >= 0.6 is 0 Å². The van der Waals surface area contributed by atoms with E-state index in [2.05, 4.69) is 22.0 Å². The number of hydrogen-bond donors (Lipinski definition) is 0. The molecule has 1 fully saturated rings. The zero-order valence-electron chi connectivity index (χ0n) is 17.3. The van der Waals surface area contributed by atoms with E-state index >= 15 is 0 Å². The Balaban J connectivity index is 1.40. The first-order chi connectivity index (χ1) is 14.5. The summed E-state index contributed by atoms with van der Waals surface area (Å²) in [5.41, 5.74) is 3.38. The molecule has 1 unspecified atom stereocenters. The van der Waals surface area contributed by atoms with Gasteiger partial charge in [0, 0.05) is 44.3 Å². The lowest BCUT2D eigenvalue weighted by Crippen LogP contribution is -2.26. The number of hydrogen-bond acceptors (Lipinski definition) is 4. The number of aromatic nitrogens is 3. The zero-order chi connectivity index (χ0) is 21.1. The highest BCUT2D eigenvalue weighted by Gasteiger charge is 2.21. The second kappa shape index (κ2) is 8.75. The summed E-state index contributed by atoms with van der Waals surface area (Å²) in [5.74, 6) is 0.270. The van der Waals surface area contributed by atoms with Crippen molar-refractivity contribution in [1.82, 2.24) is 24.6 Å². The van der Waals surface area contributed by atoms with E-state index in [0.29, 0.717) is 18.0 Å². The molecule has 1 atom stereocenters. The third-order valence-corrected chi connectivity index (χ3v) is 5.55. The zero-order valence-corrected chi connectivity index (χ0v) is 17.3. The monoisotopic (exact) mass is 407 g/mol. The first-order valence-electron chi connectivity index (χ1n) is 10.2. The summed E-state index contributed by atoms with van der Waals surface area (Å²) < 4.78 is 14.8. The number of rotatable bonds is 6. The van der Waals surface area contributed by atoms with Crippen LogP contribution in [0.4, 0.5) is 4.39 Å². The molecule has 0 radical (unpaired) electrons. The number of amides is 1. The van der Waals surface area contributed by atoms with Gasteiger partial charge in [-0.05, 0) is 68.2 Å². The number of likely N-dealkylation sites (tertiary alicyclic amines) is 1. The summed E-state index contributed by atoms with van der Waals surface area (Å²) in [6, 6.07) is 8.10. The molecule has 0 N–H and O–H groups in total. The third-order valence-electron chi connectivity index (χ3n) is 5.55. The largest absolute Gasteiger partial charge is 0.337 e. The molecule has 1 aliphatic heterocycles. The fourth-order valence-electron chi connectivity index (χ4n) is 3.99. The summed E-state index contributed by atoms with van der Waals surface area (Å²) in [6.07, 6.45) is 9.20. The SMILES string of the molecule is CN1CCC(Cc2cncc(C(=O)N(C)Cc3cnn(-c4ccc(F)cc4)c3)c2)C1. The first-order valence-corrected chi connectivity index (χ1v) is 10.2. The number of benzene rings is 1. The maximum atomic E-state index is 13.1. The number of halogens is 1. The van der Waals surface area contributed by atoms with E-state index in [4.69, 9.17) is 0 Å². The van der Waals surface area contributed by atoms with Gasteiger partial charge in [0.25, 0.3) is 5.91 Å². The minimum absolute atomic E-state index is 0.0672. The van der Waals surface area contributed by atoms with E-state index in [1.807, 2.05) is 18.5 Å². The van der Waals surface area contributed by atoms with Crippen molar-refractivity contribution in [3.8, 4) is 5.69 Å². The highest BCUT2D eigenvalue weighted by atomic mass is 19.1. The van der Waals surface area contributed by atoms with Crippen LogP contribution in [0.1, 0.15) is 27.9 Å². The number of carbonyl (C=O) groups is 1. The second-order valence-electron chi connectivity index (χ2n) is 8.13. The van der Waals surface area contributed by atoms with Crippen LogP contribution in [0.25, 0.3) is 5.69 Å². The van der Waals surface area contributed by atoms with E-state index < -0.39 is 0 Å². The van der Waals surface area contributed by atoms with Crippen molar-refractivity contribution in [1.29, 1.82) is 0 Å². The molecule has 3 aromatic rings. The minimum Gasteiger partial charge on any atom is -0.337 e. The lowest BCUT2D eigenvalue weighted by molar-refractivity contribution is 0.0784. The number of carbonyl (C=O) groups excluding carboxylic acids is 1. The fraction of sp³-hybridized carbons (Fsp3) is 0.348. The predicted octanol–water partition coefficient (Wildman–Crippen LogP) is 3.17. The van der Waals surface area contributed by atoms with Crippen LogP contribution in [0.5, 0.6) is 0 Å². The smallest absolute Gasteiger partial charge is 0.255 e. The molecular formula is C23H26FN5O. The van der Waals surface area contributed by atoms with Crippen LogP contribution < -0.4 is 0 Å². The lowest BCUT2D eigenvalue weighted by atomic mass is 9.99. The normalized spacial score (nSPS) is 16.7. The first kappa shape index (κ1) is 20.2. The fourth-order valence-corrected chi connectivity index (χ4v) is 3.99. The highest BCUT2D eigenvalue weighted by Crippen LogP contribution is 2.20. The number of pyridine rings is 1. The molecule has 0 spiro atoms. The van der Waals surface area contributed by atoms with E-state index in [1.165, 1.54) is 18.6 Å². The van der Waals surface area contributed by atoms with Gasteiger partial charge in [0.2, 0.25) is 0 Å². The second-order valence-corrected chi connectivity index (χ2v) is 8.13. The van der Waals surface area contributed by atoms with Crippen molar-refractivity contribution in [3.63, 3.8) is 0 Å². The van der Waals surface area contributed by atoms with Crippen LogP contribution in [0.3, 0.4) is 0 Å². The van der Waals surface area contributed by atoms with Crippen LogP contribution in [0.15, 0.2) is 55.1 Å². The molecule has 0 bridgehead atoms. The molecule has 1 saturated heterocycles. The Morgan fingerprint density at radius 1 is 1.20 bits per heavy atom. The topological polar surface area (TPSA) is 54.3 Å². The maximum absolute atomic E-state index is 13.1. The van der Waals surface area contributed by atoms with E-state index in [1.54, 1.807) is 41.2 Å². The Morgan fingerprint density at radius 2 is 2.00 bits per heavy atom. The van der Waals surface area contributed by atoms with Gasteiger partial charge < -0.3 is 9.80 Å². The summed E-state index contributed by atoms with van der Waals surface area (Å²) >= 11 is 0. The van der Waals surface area contributed by atoms with Gasteiger partial charge in [-0.1, -0.05) is 0 Å². The van der Waals surface area contributed by atoms with Gasteiger partial charge in [0.15, 0.2) is 0 Å². The molecule has 156 valence electrons. The highest BCUT2D eigenvalue weighted by molar-refractivity contribution is 5.93. The Morgan fingerprint density at radius 3 is 2.73 bits per heavy atom. The molecule has 7 heteroatoms. The molecule has 4 rings (SSSR count). The Kier molecular flexibility index (Phi) is 5.90. The van der Waals surface area contributed by atoms with Gasteiger partial charge in [-0.15, -0.1) is 0 Å². The average molecular weight is 407 g/mol. The van der Waals surface area contributed by atoms with Gasteiger partial charge >= 0.3 is 0 Å². The Labute approximate surface area is 175 Å². The molecule has 1 aromatic carbocycles. The standard InChI is InChI=1S/C23H26FN5O/c1-27-8-7-17(14-27)9-18-10-20(13-25-11-18)23(30)28(2)15-19-12-26-29(16-19)22-5-3-21(24)4-6-22/h3-6,10-13,16-17H,7-9,14-15H2,1-2H3. The van der Waals surface area contributed by atoms with E-state index in [0.717, 1.165) is 36.3 Å². The summed E-state index contributed by atoms with van der Waals surface area (Å²) in [4.78, 5) is 21.2. The summed E-state index contributed by atoms with van der Waals surface area (Å²) in [5, 5.41) is 4.32. The molecule has 0 aliphatic carbocycles. The van der Waals surface area contributed by atoms with Crippen molar-refractivity contribution in [2.75, 3.05) is 27.2 Å². The van der Waals surface area contributed by atoms with Crippen molar-refractivity contribution < 1.29 is 9.18 Å². The van der Waals surface area contributed by atoms with Crippen molar-refractivity contribution >= 4 is 5.91 Å². The molecule has 1 aliphatic rings. The van der Waals surface area contributed by atoms with E-state index in [9.17, 15) is 9.18 Å². The summed E-state index contributed by atoms with van der Waals surface area (Å²) in [7, 11) is 3.92. The van der Waals surface area contributed by atoms with Gasteiger partial charge in [0.1, 0.15) is 5.82 Å². The molecule has 0 saturated carbocycles. The van der Waals surface area contributed by atoms with Crippen LogP contribution in [0.2, 0.25) is 0 Å². The average Bonchev–Trinajstić information content (AvgIpc) is 3.37. The molecule has 1 amide bonds. The van der Waals surface area contributed by atoms with Crippen LogP contribution in [0, 0.1) is 11.7 Å². The van der Waals surface area contributed by atoms with Gasteiger partial charge in [-0.25, -0.2) is 9.07 Å².